The van der Waals surface area contributed by atoms with Crippen molar-refractivity contribution >= 4 is 11.7 Å². The highest BCUT2D eigenvalue weighted by Crippen LogP contribution is 2.18. The molecule has 1 saturated heterocycles. The molecule has 1 aliphatic heterocycles. The second kappa shape index (κ2) is 7.29. The summed E-state index contributed by atoms with van der Waals surface area (Å²) in [5, 5.41) is 3.10. The molecule has 0 spiro atoms. The molecule has 1 N–H and O–H groups in total. The summed E-state index contributed by atoms with van der Waals surface area (Å²) in [5.74, 6) is 1.37. The van der Waals surface area contributed by atoms with E-state index in [1.165, 1.54) is 6.20 Å². The Hall–Kier alpha value is -2.63. The predicted molar refractivity (Wildman–Crippen MR) is 92.5 cm³/mol. The van der Waals surface area contributed by atoms with Crippen molar-refractivity contribution in [3.8, 4) is 5.88 Å². The zero-order valence-electron chi connectivity index (χ0n) is 14.0. The zero-order chi connectivity index (χ0) is 16.9. The lowest BCUT2D eigenvalue weighted by Gasteiger charge is -2.34. The number of nitrogens with one attached hydrogen (secondary N) is 1. The van der Waals surface area contributed by atoms with Crippen LogP contribution in [0.4, 0.5) is 5.82 Å². The first-order valence-corrected chi connectivity index (χ1v) is 8.15. The van der Waals surface area contributed by atoms with Crippen molar-refractivity contribution in [2.45, 2.75) is 25.8 Å². The largest absolute Gasteiger partial charge is 0.481 e. The molecule has 24 heavy (non-hydrogen) atoms. The molecule has 3 heterocycles. The Balaban J connectivity index is 1.63. The molecule has 0 unspecified atom stereocenters. The van der Waals surface area contributed by atoms with E-state index in [0.717, 1.165) is 37.4 Å². The highest BCUT2D eigenvalue weighted by Gasteiger charge is 2.23. The number of methoxy groups -OCH3 is 1. The lowest BCUT2D eigenvalue weighted by atomic mass is 10.1. The molecule has 6 heteroatoms. The minimum absolute atomic E-state index is 0.103. The fourth-order valence-corrected chi connectivity index (χ4v) is 2.91. The van der Waals surface area contributed by atoms with Gasteiger partial charge in [-0.1, -0.05) is 6.07 Å². The number of carbonyl (C=O) groups excluding carboxylic acids is 1. The van der Waals surface area contributed by atoms with Gasteiger partial charge in [0.1, 0.15) is 5.82 Å². The van der Waals surface area contributed by atoms with E-state index in [4.69, 9.17) is 4.74 Å². The number of hydrogen-bond acceptors (Lipinski definition) is 5. The Labute approximate surface area is 141 Å². The minimum atomic E-state index is -0.103. The molecule has 0 radical (unpaired) electrons. The van der Waals surface area contributed by atoms with E-state index in [1.807, 2.05) is 25.1 Å². The third-order valence-corrected chi connectivity index (χ3v) is 4.16. The third kappa shape index (κ3) is 3.82. The van der Waals surface area contributed by atoms with Crippen LogP contribution < -0.4 is 15.0 Å². The Bertz CT molecular complexity index is 702. The van der Waals surface area contributed by atoms with Crippen molar-refractivity contribution in [1.29, 1.82) is 0 Å². The summed E-state index contributed by atoms with van der Waals surface area (Å²) in [7, 11) is 1.55. The van der Waals surface area contributed by atoms with Crippen LogP contribution in [0, 0.1) is 6.92 Å². The molecular weight excluding hydrogens is 304 g/mol. The lowest BCUT2D eigenvalue weighted by molar-refractivity contribution is 0.0932. The molecule has 2 aromatic heterocycles. The van der Waals surface area contributed by atoms with Gasteiger partial charge in [0.25, 0.3) is 5.91 Å². The lowest BCUT2D eigenvalue weighted by Crippen LogP contribution is -2.48. The molecule has 1 aliphatic rings. The summed E-state index contributed by atoms with van der Waals surface area (Å²) in [6.07, 6.45) is 3.54. The number of amides is 1. The average molecular weight is 326 g/mol. The van der Waals surface area contributed by atoms with Crippen molar-refractivity contribution in [2.75, 3.05) is 25.1 Å². The van der Waals surface area contributed by atoms with Crippen molar-refractivity contribution < 1.29 is 9.53 Å². The second-order valence-corrected chi connectivity index (χ2v) is 5.99. The van der Waals surface area contributed by atoms with Gasteiger partial charge in [0, 0.05) is 37.1 Å². The number of carbonyl (C=O) groups is 1. The number of anilines is 1. The van der Waals surface area contributed by atoms with Gasteiger partial charge in [-0.3, -0.25) is 4.79 Å². The monoisotopic (exact) mass is 326 g/mol. The highest BCUT2D eigenvalue weighted by atomic mass is 16.5. The normalized spacial score (nSPS) is 17.4. The quantitative estimate of drug-likeness (QED) is 0.933. The third-order valence-electron chi connectivity index (χ3n) is 4.16. The van der Waals surface area contributed by atoms with Gasteiger partial charge in [-0.25, -0.2) is 9.97 Å². The van der Waals surface area contributed by atoms with Gasteiger partial charge >= 0.3 is 0 Å². The van der Waals surface area contributed by atoms with Gasteiger partial charge in [-0.2, -0.15) is 0 Å². The van der Waals surface area contributed by atoms with E-state index < -0.39 is 0 Å². The number of hydrogen-bond donors (Lipinski definition) is 1. The molecule has 6 nitrogen and oxygen atoms in total. The number of pyridine rings is 2. The van der Waals surface area contributed by atoms with Crippen molar-refractivity contribution in [1.82, 2.24) is 15.3 Å². The molecule has 126 valence electrons. The zero-order valence-corrected chi connectivity index (χ0v) is 14.0. The number of aromatic nitrogens is 2. The summed E-state index contributed by atoms with van der Waals surface area (Å²) in [6, 6.07) is 9.55. The van der Waals surface area contributed by atoms with Crippen LogP contribution in [0.5, 0.6) is 5.88 Å². The van der Waals surface area contributed by atoms with Crippen LogP contribution >= 0.6 is 0 Å². The summed E-state index contributed by atoms with van der Waals surface area (Å²) in [5.41, 5.74) is 1.55. The summed E-state index contributed by atoms with van der Waals surface area (Å²) < 4.78 is 5.02. The molecule has 0 saturated carbocycles. The number of ether oxygens (including phenoxy) is 1. The smallest absolute Gasteiger partial charge is 0.253 e. The molecule has 0 aliphatic carbocycles. The van der Waals surface area contributed by atoms with Crippen molar-refractivity contribution in [2.24, 2.45) is 0 Å². The molecule has 0 aromatic carbocycles. The van der Waals surface area contributed by atoms with Gasteiger partial charge in [0.15, 0.2) is 0 Å². The van der Waals surface area contributed by atoms with E-state index in [1.54, 1.807) is 19.2 Å². The first kappa shape index (κ1) is 16.2. The standard InChI is InChI=1S/C18H22N4O2/c1-13-5-3-7-16(20-13)22-10-4-6-15(12-22)21-18(23)14-8-9-17(24-2)19-11-14/h3,5,7-9,11,15H,4,6,10,12H2,1-2H3,(H,21,23)/t15-/m1/s1. The van der Waals surface area contributed by atoms with Crippen LogP contribution in [0.2, 0.25) is 0 Å². The van der Waals surface area contributed by atoms with E-state index in [-0.39, 0.29) is 11.9 Å². The number of nitrogens with zero attached hydrogens (tertiary/aromatic N) is 3. The van der Waals surface area contributed by atoms with Crippen LogP contribution in [0.3, 0.4) is 0 Å². The van der Waals surface area contributed by atoms with Crippen molar-refractivity contribution in [3.63, 3.8) is 0 Å². The number of aryl methyl sites for hydroxylation is 1. The first-order chi connectivity index (χ1) is 11.7. The Morgan fingerprint density at radius 3 is 2.92 bits per heavy atom. The van der Waals surface area contributed by atoms with Crippen LogP contribution in [0.25, 0.3) is 0 Å². The van der Waals surface area contributed by atoms with Crippen molar-refractivity contribution in [3.05, 3.63) is 47.8 Å². The highest BCUT2D eigenvalue weighted by molar-refractivity contribution is 5.94. The number of piperidine rings is 1. The van der Waals surface area contributed by atoms with Crippen LogP contribution in [0.1, 0.15) is 28.9 Å². The van der Waals surface area contributed by atoms with Gasteiger partial charge in [-0.15, -0.1) is 0 Å². The van der Waals surface area contributed by atoms with Crippen LogP contribution in [-0.2, 0) is 0 Å². The molecule has 1 fully saturated rings. The molecule has 0 bridgehead atoms. The van der Waals surface area contributed by atoms with E-state index in [2.05, 4.69) is 20.2 Å². The molecule has 2 aromatic rings. The first-order valence-electron chi connectivity index (χ1n) is 8.15. The van der Waals surface area contributed by atoms with E-state index >= 15 is 0 Å². The summed E-state index contributed by atoms with van der Waals surface area (Å²) >= 11 is 0. The molecule has 1 atom stereocenters. The minimum Gasteiger partial charge on any atom is -0.481 e. The van der Waals surface area contributed by atoms with Gasteiger partial charge < -0.3 is 15.0 Å². The SMILES string of the molecule is COc1ccc(C(=O)N[C@@H]2CCCN(c3cccc(C)n3)C2)cn1. The fraction of sp³-hybridized carbons (Fsp3) is 0.389. The fourth-order valence-electron chi connectivity index (χ4n) is 2.91. The maximum Gasteiger partial charge on any atom is 0.253 e. The van der Waals surface area contributed by atoms with Crippen LogP contribution in [-0.4, -0.2) is 42.1 Å². The Morgan fingerprint density at radius 2 is 2.21 bits per heavy atom. The summed E-state index contributed by atoms with van der Waals surface area (Å²) in [6.45, 7) is 3.72. The van der Waals surface area contributed by atoms with Gasteiger partial charge in [-0.05, 0) is 38.0 Å². The maximum atomic E-state index is 12.4. The number of rotatable bonds is 4. The molecule has 1 amide bonds. The average Bonchev–Trinajstić information content (AvgIpc) is 2.62. The van der Waals surface area contributed by atoms with Gasteiger partial charge in [0.05, 0.1) is 12.7 Å². The Kier molecular flexibility index (Phi) is 4.93. The van der Waals surface area contributed by atoms with E-state index in [9.17, 15) is 4.79 Å². The molecule has 3 rings (SSSR count). The second-order valence-electron chi connectivity index (χ2n) is 5.99. The molecular formula is C18H22N4O2. The van der Waals surface area contributed by atoms with E-state index in [0.29, 0.717) is 11.4 Å². The maximum absolute atomic E-state index is 12.4. The summed E-state index contributed by atoms with van der Waals surface area (Å²) in [4.78, 5) is 23.3. The predicted octanol–water partition coefficient (Wildman–Crippen LogP) is 2.19. The van der Waals surface area contributed by atoms with Crippen LogP contribution in [0.15, 0.2) is 36.5 Å². The van der Waals surface area contributed by atoms with Gasteiger partial charge in [0.2, 0.25) is 5.88 Å². The Morgan fingerprint density at radius 1 is 1.33 bits per heavy atom. The topological polar surface area (TPSA) is 67.3 Å².